The van der Waals surface area contributed by atoms with Gasteiger partial charge in [-0.05, 0) is 42.8 Å². The Morgan fingerprint density at radius 3 is 2.38 bits per heavy atom. The van der Waals surface area contributed by atoms with Gasteiger partial charge in [0.2, 0.25) is 5.91 Å². The van der Waals surface area contributed by atoms with Gasteiger partial charge in [-0.1, -0.05) is 12.1 Å². The van der Waals surface area contributed by atoms with Gasteiger partial charge in [0.1, 0.15) is 5.82 Å². The molecule has 0 bridgehead atoms. The number of benzene rings is 1. The van der Waals surface area contributed by atoms with Crippen LogP contribution in [0.3, 0.4) is 0 Å². The molecule has 1 aromatic carbocycles. The number of hydrogen-bond donors (Lipinski definition) is 0. The Morgan fingerprint density at radius 1 is 1.04 bits per heavy atom. The number of halogens is 1. The standard InChI is InChI=1S/C18H19FN4O/c1-14-2-8-17(21-20-14)22-10-12-23(13-11-22)18(24)9-5-15-3-6-16(19)7-4-15/h2-9H,10-13H2,1H3/b9-5+. The van der Waals surface area contributed by atoms with E-state index in [1.807, 2.05) is 19.1 Å². The molecule has 1 aliphatic rings. The Kier molecular flexibility index (Phi) is 4.84. The number of piperazine rings is 1. The van der Waals surface area contributed by atoms with Gasteiger partial charge in [-0.15, -0.1) is 5.10 Å². The number of nitrogens with zero attached hydrogens (tertiary/aromatic N) is 4. The van der Waals surface area contributed by atoms with Gasteiger partial charge < -0.3 is 9.80 Å². The lowest BCUT2D eigenvalue weighted by Gasteiger charge is -2.34. The van der Waals surface area contributed by atoms with Gasteiger partial charge in [0.05, 0.1) is 5.69 Å². The highest BCUT2D eigenvalue weighted by Crippen LogP contribution is 2.13. The van der Waals surface area contributed by atoms with Gasteiger partial charge in [-0.3, -0.25) is 4.79 Å². The lowest BCUT2D eigenvalue weighted by Crippen LogP contribution is -2.48. The summed E-state index contributed by atoms with van der Waals surface area (Å²) in [4.78, 5) is 16.2. The molecule has 2 heterocycles. The molecule has 1 fully saturated rings. The van der Waals surface area contributed by atoms with E-state index in [0.717, 1.165) is 30.2 Å². The molecule has 0 N–H and O–H groups in total. The zero-order chi connectivity index (χ0) is 16.9. The van der Waals surface area contributed by atoms with Crippen LogP contribution in [0.1, 0.15) is 11.3 Å². The highest BCUT2D eigenvalue weighted by atomic mass is 19.1. The van der Waals surface area contributed by atoms with E-state index < -0.39 is 0 Å². The molecular weight excluding hydrogens is 307 g/mol. The summed E-state index contributed by atoms with van der Waals surface area (Å²) in [6, 6.07) is 9.94. The summed E-state index contributed by atoms with van der Waals surface area (Å²) >= 11 is 0. The molecule has 6 heteroatoms. The molecule has 3 rings (SSSR count). The second-order valence-corrected chi connectivity index (χ2v) is 5.73. The topological polar surface area (TPSA) is 49.3 Å². The molecule has 1 amide bonds. The van der Waals surface area contributed by atoms with Gasteiger partial charge in [0, 0.05) is 32.3 Å². The summed E-state index contributed by atoms with van der Waals surface area (Å²) in [6.07, 6.45) is 3.24. The molecule has 5 nitrogen and oxygen atoms in total. The van der Waals surface area contributed by atoms with E-state index >= 15 is 0 Å². The third-order valence-corrected chi connectivity index (χ3v) is 3.99. The molecule has 0 unspecified atom stereocenters. The summed E-state index contributed by atoms with van der Waals surface area (Å²) < 4.78 is 12.9. The quantitative estimate of drug-likeness (QED) is 0.812. The van der Waals surface area contributed by atoms with Gasteiger partial charge >= 0.3 is 0 Å². The van der Waals surface area contributed by atoms with Gasteiger partial charge in [0.15, 0.2) is 5.82 Å². The van der Waals surface area contributed by atoms with Crippen molar-refractivity contribution in [1.29, 1.82) is 0 Å². The summed E-state index contributed by atoms with van der Waals surface area (Å²) in [5.74, 6) is 0.525. The van der Waals surface area contributed by atoms with E-state index in [9.17, 15) is 9.18 Å². The van der Waals surface area contributed by atoms with Gasteiger partial charge in [-0.2, -0.15) is 5.10 Å². The van der Waals surface area contributed by atoms with Crippen LogP contribution < -0.4 is 4.90 Å². The Bertz CT molecular complexity index is 720. The van der Waals surface area contributed by atoms with Crippen LogP contribution in [-0.2, 0) is 4.79 Å². The first-order chi connectivity index (χ1) is 11.6. The minimum Gasteiger partial charge on any atom is -0.352 e. The van der Waals surface area contributed by atoms with Crippen molar-refractivity contribution in [1.82, 2.24) is 15.1 Å². The molecule has 0 spiro atoms. The fraction of sp³-hybridized carbons (Fsp3) is 0.278. The monoisotopic (exact) mass is 326 g/mol. The molecular formula is C18H19FN4O. The molecule has 0 saturated carbocycles. The number of aromatic nitrogens is 2. The van der Waals surface area contributed by atoms with E-state index in [2.05, 4.69) is 15.1 Å². The number of amides is 1. The molecule has 0 aliphatic carbocycles. The minimum atomic E-state index is -0.284. The van der Waals surface area contributed by atoms with Crippen LogP contribution in [0.5, 0.6) is 0 Å². The molecule has 124 valence electrons. The van der Waals surface area contributed by atoms with E-state index in [1.165, 1.54) is 18.2 Å². The highest BCUT2D eigenvalue weighted by molar-refractivity contribution is 5.91. The molecule has 2 aromatic rings. The maximum Gasteiger partial charge on any atom is 0.246 e. The maximum absolute atomic E-state index is 12.9. The molecule has 0 radical (unpaired) electrons. The van der Waals surface area contributed by atoms with Crippen molar-refractivity contribution >= 4 is 17.8 Å². The first kappa shape index (κ1) is 16.1. The largest absolute Gasteiger partial charge is 0.352 e. The van der Waals surface area contributed by atoms with Crippen LogP contribution in [0.15, 0.2) is 42.5 Å². The predicted molar refractivity (Wildman–Crippen MR) is 91.0 cm³/mol. The van der Waals surface area contributed by atoms with Gasteiger partial charge in [-0.25, -0.2) is 4.39 Å². The first-order valence-electron chi connectivity index (χ1n) is 7.90. The number of carbonyl (C=O) groups excluding carboxylic acids is 1. The van der Waals surface area contributed by atoms with Crippen LogP contribution in [-0.4, -0.2) is 47.2 Å². The SMILES string of the molecule is Cc1ccc(N2CCN(C(=O)/C=C/c3ccc(F)cc3)CC2)nn1. The number of anilines is 1. The highest BCUT2D eigenvalue weighted by Gasteiger charge is 2.20. The molecule has 1 aliphatic heterocycles. The van der Waals surface area contributed by atoms with E-state index in [4.69, 9.17) is 0 Å². The lowest BCUT2D eigenvalue weighted by molar-refractivity contribution is -0.126. The fourth-order valence-electron chi connectivity index (χ4n) is 2.56. The zero-order valence-corrected chi connectivity index (χ0v) is 13.5. The lowest BCUT2D eigenvalue weighted by atomic mass is 10.2. The average molecular weight is 326 g/mol. The smallest absolute Gasteiger partial charge is 0.246 e. The van der Waals surface area contributed by atoms with E-state index in [1.54, 1.807) is 23.1 Å². The van der Waals surface area contributed by atoms with E-state index in [0.29, 0.717) is 13.1 Å². The predicted octanol–water partition coefficient (Wildman–Crippen LogP) is 2.29. The fourth-order valence-corrected chi connectivity index (χ4v) is 2.56. The van der Waals surface area contributed by atoms with Crippen molar-refractivity contribution < 1.29 is 9.18 Å². The molecule has 24 heavy (non-hydrogen) atoms. The number of hydrogen-bond acceptors (Lipinski definition) is 4. The number of carbonyl (C=O) groups is 1. The van der Waals surface area contributed by atoms with Crippen molar-refractivity contribution in [2.24, 2.45) is 0 Å². The Balaban J connectivity index is 1.55. The number of rotatable bonds is 3. The van der Waals surface area contributed by atoms with Crippen molar-refractivity contribution in [2.75, 3.05) is 31.1 Å². The van der Waals surface area contributed by atoms with Crippen molar-refractivity contribution in [3.8, 4) is 0 Å². The van der Waals surface area contributed by atoms with Gasteiger partial charge in [0.25, 0.3) is 0 Å². The summed E-state index contributed by atoms with van der Waals surface area (Å²) in [5, 5.41) is 8.25. The number of aryl methyl sites for hydroxylation is 1. The van der Waals surface area contributed by atoms with Crippen LogP contribution in [0.4, 0.5) is 10.2 Å². The zero-order valence-electron chi connectivity index (χ0n) is 13.5. The third kappa shape index (κ3) is 3.95. The Hall–Kier alpha value is -2.76. The van der Waals surface area contributed by atoms with Crippen molar-refractivity contribution in [3.05, 3.63) is 59.5 Å². The third-order valence-electron chi connectivity index (χ3n) is 3.99. The van der Waals surface area contributed by atoms with E-state index in [-0.39, 0.29) is 11.7 Å². The second-order valence-electron chi connectivity index (χ2n) is 5.73. The normalized spacial score (nSPS) is 15.1. The van der Waals surface area contributed by atoms with Crippen molar-refractivity contribution in [2.45, 2.75) is 6.92 Å². The summed E-state index contributed by atoms with van der Waals surface area (Å²) in [6.45, 7) is 4.65. The Labute approximate surface area is 140 Å². The second kappa shape index (κ2) is 7.21. The summed E-state index contributed by atoms with van der Waals surface area (Å²) in [5.41, 5.74) is 1.69. The van der Waals surface area contributed by atoms with Crippen molar-refractivity contribution in [3.63, 3.8) is 0 Å². The molecule has 1 saturated heterocycles. The van der Waals surface area contributed by atoms with Crippen LogP contribution in [0.2, 0.25) is 0 Å². The molecule has 1 aromatic heterocycles. The summed E-state index contributed by atoms with van der Waals surface area (Å²) in [7, 11) is 0. The van der Waals surface area contributed by atoms with Crippen LogP contribution in [0, 0.1) is 12.7 Å². The first-order valence-corrected chi connectivity index (χ1v) is 7.90. The molecule has 0 atom stereocenters. The minimum absolute atomic E-state index is 0.0334. The Morgan fingerprint density at radius 2 is 1.75 bits per heavy atom. The maximum atomic E-state index is 12.9. The van der Waals surface area contributed by atoms with Crippen LogP contribution in [0.25, 0.3) is 6.08 Å². The average Bonchev–Trinajstić information content (AvgIpc) is 2.62. The van der Waals surface area contributed by atoms with Crippen LogP contribution >= 0.6 is 0 Å².